The molecule has 0 aliphatic carbocycles. The smallest absolute Gasteiger partial charge is 0.246 e. The van der Waals surface area contributed by atoms with Crippen LogP contribution in [0.15, 0.2) is 17.1 Å². The van der Waals surface area contributed by atoms with Crippen molar-refractivity contribution in [2.24, 2.45) is 46.2 Å². The second kappa shape index (κ2) is 38.1. The molecular weight excluding hydrogens is 1160 g/mol. The lowest BCUT2D eigenvalue weighted by atomic mass is 9.91. The molecule has 0 aromatic heterocycles. The molecule has 26 heteroatoms. The summed E-state index contributed by atoms with van der Waals surface area (Å²) >= 11 is 0. The number of carbonyl (C=O) groups is 11. The van der Waals surface area contributed by atoms with Gasteiger partial charge in [-0.15, -0.1) is 0 Å². The number of aliphatic hydroxyl groups excluding tert-OH is 1. The van der Waals surface area contributed by atoms with Crippen molar-refractivity contribution >= 4 is 70.9 Å². The Morgan fingerprint density at radius 1 is 0.567 bits per heavy atom. The minimum absolute atomic E-state index is 0.0162. The number of rotatable bonds is 18. The Morgan fingerprint density at radius 3 is 1.47 bits per heavy atom. The van der Waals surface area contributed by atoms with E-state index >= 15 is 9.59 Å². The molecule has 0 aromatic carbocycles. The number of hydrogen-bond donors (Lipinski definition) is 6. The highest BCUT2D eigenvalue weighted by molar-refractivity contribution is 5.99. The van der Waals surface area contributed by atoms with Gasteiger partial charge in [0.25, 0.3) is 0 Å². The van der Waals surface area contributed by atoms with Gasteiger partial charge in [-0.3, -0.25) is 57.7 Å². The number of likely N-dealkylation sites (N-methyl/N-ethyl adjacent to an activating group) is 7. The van der Waals surface area contributed by atoms with Gasteiger partial charge in [-0.25, -0.2) is 0 Å². The Bertz CT molecular complexity index is 2490. The molecular formula is C64H116N14O12. The zero-order valence-electron chi connectivity index (χ0n) is 58.7. The van der Waals surface area contributed by atoms with E-state index in [1.54, 1.807) is 79.6 Å². The zero-order chi connectivity index (χ0) is 69.5. The topological polar surface area (TPSA) is 320 Å². The fraction of sp³-hybridized carbons (Fsp3) is 0.781. The average molecular weight is 1270 g/mol. The van der Waals surface area contributed by atoms with E-state index in [0.29, 0.717) is 12.8 Å². The molecule has 2 unspecified atom stereocenters. The maximum atomic E-state index is 15.2. The fourth-order valence-electron chi connectivity index (χ4n) is 10.8. The van der Waals surface area contributed by atoms with Crippen molar-refractivity contribution in [1.82, 2.24) is 60.5 Å². The number of nitrogens with one attached hydrogen (secondary N) is 4. The Morgan fingerprint density at radius 2 is 1.01 bits per heavy atom. The number of aliphatic hydroxyl groups is 1. The third-order valence-corrected chi connectivity index (χ3v) is 16.5. The summed E-state index contributed by atoms with van der Waals surface area (Å²) in [6, 6.07) is -11.4. The summed E-state index contributed by atoms with van der Waals surface area (Å²) in [5, 5.41) is 23.3. The third kappa shape index (κ3) is 24.1. The first-order valence-corrected chi connectivity index (χ1v) is 32.0. The molecule has 0 spiro atoms. The monoisotopic (exact) mass is 1270 g/mol. The van der Waals surface area contributed by atoms with E-state index in [0.717, 1.165) is 14.7 Å². The fourth-order valence-corrected chi connectivity index (χ4v) is 10.8. The number of hydrogen-bond acceptors (Lipinski definition) is 13. The van der Waals surface area contributed by atoms with Crippen molar-refractivity contribution in [2.45, 2.75) is 209 Å². The SMILES string of the molecule is C/C=C/C[C@@H](C)[C@@H](O)C1C(=O)N[C@H](CCC)C(=O)N(C)CC(=O)N(C)[C@@H](CC(C)C)C(=O)N[C@H](C(C)C)C(=O)N(C)[C@@H](CC(C)C)C(=O)N[C@H](C)C(=O)NC(CCCN=C(N)N(C)C)C(=O)N(C)CC(=O)N(C)[C@@H](CC(C)C)C(=O)N(C)[C@H](C(C)C)C(=O)N1C. The van der Waals surface area contributed by atoms with Crippen molar-refractivity contribution in [3.05, 3.63) is 12.2 Å². The van der Waals surface area contributed by atoms with Gasteiger partial charge in [0.15, 0.2) is 5.96 Å². The van der Waals surface area contributed by atoms with Crippen molar-refractivity contribution in [1.29, 1.82) is 0 Å². The van der Waals surface area contributed by atoms with Crippen LogP contribution in [0, 0.1) is 35.5 Å². The molecule has 0 radical (unpaired) electrons. The Labute approximate surface area is 537 Å². The van der Waals surface area contributed by atoms with E-state index in [2.05, 4.69) is 26.3 Å². The van der Waals surface area contributed by atoms with Gasteiger partial charge in [-0.2, -0.15) is 0 Å². The summed E-state index contributed by atoms with van der Waals surface area (Å²) in [6.07, 6.45) is 3.51. The summed E-state index contributed by atoms with van der Waals surface area (Å²) in [4.78, 5) is 175. The summed E-state index contributed by atoms with van der Waals surface area (Å²) in [5.74, 6) is -9.64. The molecule has 514 valence electrons. The van der Waals surface area contributed by atoms with Crippen LogP contribution in [0.4, 0.5) is 0 Å². The summed E-state index contributed by atoms with van der Waals surface area (Å²) < 4.78 is 0. The summed E-state index contributed by atoms with van der Waals surface area (Å²) in [7, 11) is 13.2. The highest BCUT2D eigenvalue weighted by Crippen LogP contribution is 2.25. The van der Waals surface area contributed by atoms with Crippen LogP contribution in [0.25, 0.3) is 0 Å². The molecule has 1 aliphatic heterocycles. The molecule has 1 heterocycles. The minimum atomic E-state index is -1.62. The molecule has 0 bridgehead atoms. The van der Waals surface area contributed by atoms with Gasteiger partial charge in [0.1, 0.15) is 54.4 Å². The van der Waals surface area contributed by atoms with E-state index in [-0.39, 0.29) is 68.8 Å². The standard InChI is InChI=1S/C64H116N14O12/c1-24-26-29-42(13)54(81)53-58(85)69-44(28-25-2)59(86)72(17)35-49(79)74(19)46(32-37(3)4)57(84)70-51(40(9)10)62(89)76(21)47(33-38(5)6)56(83)67-43(14)55(82)68-45(30-27-31-66-64(65)71(15)16)60(87)73(18)36-50(80)75(20)48(34-39(7)8)61(88)77(22)52(41(11)12)63(90)78(53)23/h24,26,37-48,51-54,81H,25,27-36H2,1-23H3,(H2,65,66)(H,67,83)(H,68,82)(H,69,85)(H,70,84)/b26-24+/t42-,43-,44-,45?,46+,47+,48+,51-,52-,53?,54-/m1/s1. The van der Waals surface area contributed by atoms with E-state index < -0.39 is 156 Å². The molecule has 1 fully saturated rings. The van der Waals surface area contributed by atoms with E-state index in [1.807, 2.05) is 41.5 Å². The predicted octanol–water partition coefficient (Wildman–Crippen LogP) is 1.88. The first kappa shape index (κ1) is 81.2. The Kier molecular flexibility index (Phi) is 34.4. The van der Waals surface area contributed by atoms with Gasteiger partial charge >= 0.3 is 0 Å². The molecule has 11 atom stereocenters. The molecule has 90 heavy (non-hydrogen) atoms. The zero-order valence-corrected chi connectivity index (χ0v) is 58.7. The van der Waals surface area contributed by atoms with Crippen molar-refractivity contribution < 1.29 is 57.8 Å². The lowest BCUT2D eigenvalue weighted by molar-refractivity contribution is -0.156. The maximum absolute atomic E-state index is 15.2. The second-order valence-corrected chi connectivity index (χ2v) is 26.7. The third-order valence-electron chi connectivity index (χ3n) is 16.5. The molecule has 0 aromatic rings. The molecule has 1 saturated heterocycles. The highest BCUT2D eigenvalue weighted by Gasteiger charge is 2.45. The molecule has 26 nitrogen and oxygen atoms in total. The Hall–Kier alpha value is -6.86. The molecule has 7 N–H and O–H groups in total. The second-order valence-electron chi connectivity index (χ2n) is 26.7. The molecule has 1 rings (SSSR count). The minimum Gasteiger partial charge on any atom is -0.390 e. The van der Waals surface area contributed by atoms with Crippen LogP contribution in [-0.2, 0) is 52.7 Å². The quantitative estimate of drug-likeness (QED) is 0.0494. The summed E-state index contributed by atoms with van der Waals surface area (Å²) in [5.41, 5.74) is 6.04. The first-order chi connectivity index (χ1) is 41.7. The number of allylic oxidation sites excluding steroid dienone is 2. The maximum Gasteiger partial charge on any atom is 0.246 e. The van der Waals surface area contributed by atoms with E-state index in [1.165, 1.54) is 75.9 Å². The van der Waals surface area contributed by atoms with Crippen molar-refractivity contribution in [2.75, 3.05) is 83.1 Å². The van der Waals surface area contributed by atoms with Crippen LogP contribution in [0.1, 0.15) is 148 Å². The van der Waals surface area contributed by atoms with Gasteiger partial charge in [0.2, 0.25) is 65.0 Å². The lowest BCUT2D eigenvalue weighted by Gasteiger charge is -2.41. The van der Waals surface area contributed by atoms with Crippen LogP contribution < -0.4 is 27.0 Å². The van der Waals surface area contributed by atoms with Gasteiger partial charge in [0.05, 0.1) is 19.2 Å². The van der Waals surface area contributed by atoms with Crippen LogP contribution in [0.2, 0.25) is 0 Å². The normalized spacial score (nSPS) is 25.3. The number of carbonyl (C=O) groups excluding carboxylic acids is 11. The summed E-state index contributed by atoms with van der Waals surface area (Å²) in [6.45, 7) is 23.8. The number of amides is 11. The largest absolute Gasteiger partial charge is 0.390 e. The molecule has 0 saturated carbocycles. The van der Waals surface area contributed by atoms with Gasteiger partial charge in [0, 0.05) is 70.0 Å². The number of guanidine groups is 1. The van der Waals surface area contributed by atoms with Gasteiger partial charge in [-0.05, 0) is 94.3 Å². The van der Waals surface area contributed by atoms with Crippen molar-refractivity contribution in [3.8, 4) is 0 Å². The average Bonchev–Trinajstić information content (AvgIpc) is 0.866. The lowest BCUT2D eigenvalue weighted by Crippen LogP contribution is -2.63. The molecule has 1 aliphatic rings. The van der Waals surface area contributed by atoms with Crippen LogP contribution in [0.5, 0.6) is 0 Å². The highest BCUT2D eigenvalue weighted by atomic mass is 16.3. The van der Waals surface area contributed by atoms with Crippen LogP contribution >= 0.6 is 0 Å². The van der Waals surface area contributed by atoms with E-state index in [9.17, 15) is 48.3 Å². The van der Waals surface area contributed by atoms with Gasteiger partial charge < -0.3 is 71.3 Å². The van der Waals surface area contributed by atoms with E-state index in [4.69, 9.17) is 5.73 Å². The Balaban J connectivity index is 4.36. The first-order valence-electron chi connectivity index (χ1n) is 32.0. The van der Waals surface area contributed by atoms with Gasteiger partial charge in [-0.1, -0.05) is 102 Å². The number of nitrogens with zero attached hydrogens (tertiary/aromatic N) is 9. The predicted molar refractivity (Wildman–Crippen MR) is 348 cm³/mol. The van der Waals surface area contributed by atoms with Crippen LogP contribution in [-0.4, -0.2) is 259 Å². The molecule has 11 amide bonds. The number of aliphatic imine (C=N–C) groups is 1. The number of nitrogens with two attached hydrogens (primary N) is 1. The van der Waals surface area contributed by atoms with Crippen LogP contribution in [0.3, 0.4) is 0 Å². The van der Waals surface area contributed by atoms with Crippen molar-refractivity contribution in [3.63, 3.8) is 0 Å².